The number of carbonyl (C=O) groups is 1. The zero-order valence-electron chi connectivity index (χ0n) is 13.4. The van der Waals surface area contributed by atoms with Crippen molar-refractivity contribution < 1.29 is 22.7 Å². The Bertz CT molecular complexity index is 876. The van der Waals surface area contributed by atoms with Gasteiger partial charge in [0.05, 0.1) is 17.7 Å². The van der Waals surface area contributed by atoms with Crippen molar-refractivity contribution in [3.63, 3.8) is 0 Å². The molecule has 0 aromatic heterocycles. The quantitative estimate of drug-likeness (QED) is 0.848. The Morgan fingerprint density at radius 3 is 2.50 bits per heavy atom. The highest BCUT2D eigenvalue weighted by Crippen LogP contribution is 2.30. The molecule has 26 heavy (non-hydrogen) atoms. The van der Waals surface area contributed by atoms with E-state index >= 15 is 0 Å². The van der Waals surface area contributed by atoms with Gasteiger partial charge in [0.25, 0.3) is 0 Å². The van der Waals surface area contributed by atoms with Gasteiger partial charge in [0.2, 0.25) is 0 Å². The standard InChI is InChI=1S/C19H13F3N2O2/c20-19(21,22)17-9-8-15(16(11-17)12-23)7-4-10-24-18(25)26-13-14-5-2-1-3-6-14/h1-3,5-6,8-9,11H,10,13H2,(H,24,25). The SMILES string of the molecule is N#Cc1cc(C(F)(F)F)ccc1C#CCNC(=O)OCc1ccccc1. The molecule has 0 spiro atoms. The maximum atomic E-state index is 12.6. The minimum absolute atomic E-state index is 0.0699. The van der Waals surface area contributed by atoms with E-state index in [0.29, 0.717) is 0 Å². The lowest BCUT2D eigenvalue weighted by Gasteiger charge is -2.07. The number of alkyl halides is 3. The summed E-state index contributed by atoms with van der Waals surface area (Å²) in [5, 5.41) is 11.4. The minimum atomic E-state index is -4.53. The lowest BCUT2D eigenvalue weighted by atomic mass is 10.0. The molecule has 0 fully saturated rings. The summed E-state index contributed by atoms with van der Waals surface area (Å²) in [6.07, 6.45) is -5.20. The molecule has 1 amide bonds. The van der Waals surface area contributed by atoms with Gasteiger partial charge in [-0.1, -0.05) is 42.2 Å². The molecule has 0 saturated heterocycles. The van der Waals surface area contributed by atoms with Crippen molar-refractivity contribution in [1.82, 2.24) is 5.32 Å². The average molecular weight is 358 g/mol. The van der Waals surface area contributed by atoms with Gasteiger partial charge in [-0.25, -0.2) is 4.79 Å². The van der Waals surface area contributed by atoms with E-state index in [1.54, 1.807) is 18.2 Å². The van der Waals surface area contributed by atoms with E-state index in [2.05, 4.69) is 17.2 Å². The molecule has 0 atom stereocenters. The van der Waals surface area contributed by atoms with E-state index in [4.69, 9.17) is 10.00 Å². The molecule has 0 aliphatic rings. The van der Waals surface area contributed by atoms with E-state index in [1.165, 1.54) is 0 Å². The monoisotopic (exact) mass is 358 g/mol. The van der Waals surface area contributed by atoms with Gasteiger partial charge in [-0.05, 0) is 23.8 Å². The number of amides is 1. The van der Waals surface area contributed by atoms with Crippen LogP contribution >= 0.6 is 0 Å². The zero-order chi connectivity index (χ0) is 19.0. The van der Waals surface area contributed by atoms with Gasteiger partial charge in [-0.2, -0.15) is 18.4 Å². The molecule has 1 N–H and O–H groups in total. The minimum Gasteiger partial charge on any atom is -0.445 e. The normalized spacial score (nSPS) is 10.2. The van der Waals surface area contributed by atoms with Crippen LogP contribution in [0.25, 0.3) is 0 Å². The van der Waals surface area contributed by atoms with E-state index in [0.717, 1.165) is 23.8 Å². The molecule has 2 aromatic rings. The molecule has 0 bridgehead atoms. The van der Waals surface area contributed by atoms with Crippen LogP contribution in [0.3, 0.4) is 0 Å². The fourth-order valence-corrected chi connectivity index (χ4v) is 1.95. The smallest absolute Gasteiger partial charge is 0.416 e. The van der Waals surface area contributed by atoms with E-state index in [-0.39, 0.29) is 24.3 Å². The van der Waals surface area contributed by atoms with Crippen LogP contribution in [0.4, 0.5) is 18.0 Å². The molecule has 0 radical (unpaired) electrons. The fraction of sp³-hybridized carbons (Fsp3) is 0.158. The van der Waals surface area contributed by atoms with Gasteiger partial charge in [0, 0.05) is 5.56 Å². The Balaban J connectivity index is 1.89. The highest BCUT2D eigenvalue weighted by atomic mass is 19.4. The number of benzene rings is 2. The molecular formula is C19H13F3N2O2. The summed E-state index contributed by atoms with van der Waals surface area (Å²) in [5.41, 5.74) is -0.113. The molecule has 0 heterocycles. The first-order chi connectivity index (χ1) is 12.4. The predicted molar refractivity (Wildman–Crippen MR) is 87.7 cm³/mol. The Kier molecular flexibility index (Phi) is 6.24. The van der Waals surface area contributed by atoms with Gasteiger partial charge in [-0.3, -0.25) is 0 Å². The van der Waals surface area contributed by atoms with Crippen LogP contribution in [0.5, 0.6) is 0 Å². The Morgan fingerprint density at radius 1 is 1.12 bits per heavy atom. The molecule has 132 valence electrons. The molecule has 2 aromatic carbocycles. The van der Waals surface area contributed by atoms with Gasteiger partial charge in [-0.15, -0.1) is 0 Å². The number of carbonyl (C=O) groups excluding carboxylic acids is 1. The maximum absolute atomic E-state index is 12.6. The maximum Gasteiger partial charge on any atom is 0.416 e. The molecule has 7 heteroatoms. The molecule has 0 aliphatic heterocycles. The largest absolute Gasteiger partial charge is 0.445 e. The number of nitriles is 1. The number of alkyl carbamates (subject to hydrolysis) is 1. The van der Waals surface area contributed by atoms with Crippen LogP contribution in [0, 0.1) is 23.2 Å². The van der Waals surface area contributed by atoms with Gasteiger partial charge in [0.1, 0.15) is 12.7 Å². The van der Waals surface area contributed by atoms with Crippen LogP contribution in [-0.2, 0) is 17.5 Å². The summed E-state index contributed by atoms with van der Waals surface area (Å²) in [6, 6.07) is 13.5. The first kappa shape index (κ1) is 18.9. The van der Waals surface area contributed by atoms with Crippen LogP contribution in [0.1, 0.15) is 22.3 Å². The van der Waals surface area contributed by atoms with Crippen LogP contribution < -0.4 is 5.32 Å². The fourth-order valence-electron chi connectivity index (χ4n) is 1.95. The molecular weight excluding hydrogens is 345 g/mol. The molecule has 0 aliphatic carbocycles. The number of nitrogens with zero attached hydrogens (tertiary/aromatic N) is 1. The summed E-state index contributed by atoms with van der Waals surface area (Å²) in [6.45, 7) is 0.0388. The van der Waals surface area contributed by atoms with Gasteiger partial charge < -0.3 is 10.1 Å². The molecule has 0 unspecified atom stereocenters. The van der Waals surface area contributed by atoms with Crippen LogP contribution in [-0.4, -0.2) is 12.6 Å². The number of ether oxygens (including phenoxy) is 1. The predicted octanol–water partition coefficient (Wildman–Crippen LogP) is 3.85. The number of halogens is 3. The molecule has 0 saturated carbocycles. The van der Waals surface area contributed by atoms with E-state index < -0.39 is 17.8 Å². The van der Waals surface area contributed by atoms with Crippen molar-refractivity contribution in [2.75, 3.05) is 6.54 Å². The van der Waals surface area contributed by atoms with Crippen molar-refractivity contribution in [2.24, 2.45) is 0 Å². The Morgan fingerprint density at radius 2 is 1.85 bits per heavy atom. The lowest BCUT2D eigenvalue weighted by Crippen LogP contribution is -2.24. The van der Waals surface area contributed by atoms with Crippen LogP contribution in [0.2, 0.25) is 0 Å². The van der Waals surface area contributed by atoms with Crippen molar-refractivity contribution >= 4 is 6.09 Å². The molecule has 2 rings (SSSR count). The second-order valence-electron chi connectivity index (χ2n) is 5.09. The summed E-state index contributed by atoms with van der Waals surface area (Å²) < 4.78 is 42.8. The first-order valence-electron chi connectivity index (χ1n) is 7.45. The summed E-state index contributed by atoms with van der Waals surface area (Å²) >= 11 is 0. The average Bonchev–Trinajstić information content (AvgIpc) is 2.63. The number of hydrogen-bond acceptors (Lipinski definition) is 3. The third-order valence-electron chi connectivity index (χ3n) is 3.22. The molecule has 4 nitrogen and oxygen atoms in total. The third-order valence-corrected chi connectivity index (χ3v) is 3.22. The van der Waals surface area contributed by atoms with Crippen molar-refractivity contribution in [3.05, 3.63) is 70.8 Å². The van der Waals surface area contributed by atoms with Crippen LogP contribution in [0.15, 0.2) is 48.5 Å². The number of hydrogen-bond donors (Lipinski definition) is 1. The Labute approximate surface area is 148 Å². The first-order valence-corrected chi connectivity index (χ1v) is 7.45. The number of rotatable bonds is 3. The lowest BCUT2D eigenvalue weighted by molar-refractivity contribution is -0.137. The summed E-state index contributed by atoms with van der Waals surface area (Å²) in [4.78, 5) is 11.5. The topological polar surface area (TPSA) is 62.1 Å². The highest BCUT2D eigenvalue weighted by molar-refractivity contribution is 5.67. The summed E-state index contributed by atoms with van der Waals surface area (Å²) in [5.74, 6) is 5.13. The second kappa shape index (κ2) is 8.59. The summed E-state index contributed by atoms with van der Waals surface area (Å²) in [7, 11) is 0. The zero-order valence-corrected chi connectivity index (χ0v) is 13.4. The third kappa shape index (κ3) is 5.57. The Hall–Kier alpha value is -3.45. The van der Waals surface area contributed by atoms with Crippen molar-refractivity contribution in [3.8, 4) is 17.9 Å². The number of nitrogens with one attached hydrogen (secondary N) is 1. The second-order valence-corrected chi connectivity index (χ2v) is 5.09. The highest BCUT2D eigenvalue weighted by Gasteiger charge is 2.30. The van der Waals surface area contributed by atoms with Gasteiger partial charge >= 0.3 is 12.3 Å². The van der Waals surface area contributed by atoms with E-state index in [9.17, 15) is 18.0 Å². The van der Waals surface area contributed by atoms with Crippen molar-refractivity contribution in [2.45, 2.75) is 12.8 Å². The van der Waals surface area contributed by atoms with E-state index in [1.807, 2.05) is 18.2 Å². The van der Waals surface area contributed by atoms with Gasteiger partial charge in [0.15, 0.2) is 0 Å². The van der Waals surface area contributed by atoms with Crippen molar-refractivity contribution in [1.29, 1.82) is 5.26 Å².